The minimum atomic E-state index is 0. The Bertz CT molecular complexity index is 1850. The molecule has 0 N–H and O–H groups in total. The minimum Gasteiger partial charge on any atom is -0.493 e. The van der Waals surface area contributed by atoms with Crippen LogP contribution in [0.25, 0.3) is 16.9 Å². The Balaban J connectivity index is 0.00000142. The van der Waals surface area contributed by atoms with Gasteiger partial charge in [-0.15, -0.1) is 0 Å². The third-order valence-corrected chi connectivity index (χ3v) is 20.9. The van der Waals surface area contributed by atoms with E-state index in [0.29, 0.717) is 0 Å². The van der Waals surface area contributed by atoms with E-state index in [1.165, 1.54) is 427 Å². The topological polar surface area (TPSA) is 25.3 Å². The van der Waals surface area contributed by atoms with Crippen molar-refractivity contribution in [2.24, 2.45) is 0 Å². The summed E-state index contributed by atoms with van der Waals surface area (Å²) in [6.45, 7) is 21.5. The second-order valence-electron chi connectivity index (χ2n) is 30.2. The van der Waals surface area contributed by atoms with Gasteiger partial charge in [-0.05, 0) is 86.8 Å². The summed E-state index contributed by atoms with van der Waals surface area (Å²) >= 11 is 0. The summed E-state index contributed by atoms with van der Waals surface area (Å²) in [5.74, 6) is 0. The first-order chi connectivity index (χ1) is 47.0. The number of hydrogen-bond donors (Lipinski definition) is 0. The Morgan fingerprint density at radius 2 is 0.469 bits per heavy atom. The number of rotatable bonds is 69. The van der Waals surface area contributed by atoms with Crippen molar-refractivity contribution in [3.8, 4) is 0 Å². The predicted octanol–water partition coefficient (Wildman–Crippen LogP) is 33.8. The van der Waals surface area contributed by atoms with E-state index in [9.17, 15) is 5.53 Å². The number of hydrogen-bond acceptors (Lipinski definition) is 0. The smallest absolute Gasteiger partial charge is 0.493 e. The zero-order valence-electron chi connectivity index (χ0n) is 66.0. The molecule has 1 heterocycles. The first-order valence-corrected chi connectivity index (χ1v) is 43.7. The van der Waals surface area contributed by atoms with Crippen LogP contribution in [0.3, 0.4) is 0 Å². The van der Waals surface area contributed by atoms with Crippen LogP contribution in [0.4, 0.5) is 0 Å². The molecule has 1 aliphatic heterocycles. The van der Waals surface area contributed by atoms with E-state index >= 15 is 0 Å². The van der Waals surface area contributed by atoms with Gasteiger partial charge in [-0.2, -0.15) is 12.8 Å². The average molecular weight is 1370 g/mol. The van der Waals surface area contributed by atoms with E-state index in [0.717, 1.165) is 61.0 Å². The van der Waals surface area contributed by atoms with Gasteiger partial charge in [-0.1, -0.05) is 445 Å². The van der Waals surface area contributed by atoms with Crippen LogP contribution in [0.15, 0.2) is 59.7 Å². The fourth-order valence-corrected chi connectivity index (χ4v) is 14.5. The monoisotopic (exact) mass is 1370 g/mol. The van der Waals surface area contributed by atoms with Crippen LogP contribution in [0, 0.1) is 13.8 Å². The van der Waals surface area contributed by atoms with E-state index in [4.69, 9.17) is 0 Å². The maximum Gasteiger partial charge on any atom is 2.00 e. The molecule has 0 atom stereocenters. The first kappa shape index (κ1) is 94.0. The SMILES string of the molecule is CCCCCCC1=C(c2ccc(CCCC)cc2)[N+](=[N-])C(c2cccc(CCCC)c2)=C1CCCCC.[CH2-]CCCCCCCCCCCCCCCCCCCCCCCCCCCC.[CH2-]CCCCCCCCCCCCCCCCCCCCCCCCCCCC.[Ni+2]. The fourth-order valence-electron chi connectivity index (χ4n) is 14.5. The van der Waals surface area contributed by atoms with Gasteiger partial charge in [0, 0.05) is 22.3 Å². The number of allylic oxidation sites excluding steroid dienone is 2. The van der Waals surface area contributed by atoms with Crippen LogP contribution in [-0.2, 0) is 29.3 Å². The molecular weight excluding hydrogens is 1200 g/mol. The van der Waals surface area contributed by atoms with Gasteiger partial charge >= 0.3 is 16.5 Å². The summed E-state index contributed by atoms with van der Waals surface area (Å²) in [7, 11) is 0. The molecule has 96 heavy (non-hydrogen) atoms. The number of unbranched alkanes of at least 4 members (excludes halogenated alkanes) is 59. The number of aryl methyl sites for hydroxylation is 2. The molecule has 3 heteroatoms. The second-order valence-corrected chi connectivity index (χ2v) is 30.2. The molecule has 1 aliphatic rings. The van der Waals surface area contributed by atoms with E-state index in [1.807, 2.05) is 0 Å². The molecule has 0 aliphatic carbocycles. The average Bonchev–Trinajstić information content (AvgIpc) is 1.61. The standard InChI is InChI=1S/C35H50N2.2C29H59.Ni/c1-5-9-13-15-22-32-33(21-14-10-6-2)35(31-20-16-19-29(27-31)18-12-8-4)37(36)34(32)30-25-23-28(24-26-30)17-11-7-3;2*1-3-5-7-9-11-13-15-17-19-21-23-25-27-29-28-26-24-22-20-18-16-14-12-10-8-6-4-2;/h16,19-20,23-27H,5-15,17-18,21-22H2,1-4H3;2*1,3-29H2,2H3;/q;2*-1;+2. The molecule has 0 spiro atoms. The van der Waals surface area contributed by atoms with Crippen LogP contribution in [-0.4, -0.2) is 4.70 Å². The maximum atomic E-state index is 11.9. The van der Waals surface area contributed by atoms with Crippen LogP contribution >= 0.6 is 0 Å². The molecule has 0 aromatic heterocycles. The van der Waals surface area contributed by atoms with Crippen molar-refractivity contribution >= 4 is 11.4 Å². The van der Waals surface area contributed by atoms with Gasteiger partial charge in [-0.25, -0.2) is 4.70 Å². The molecule has 560 valence electrons. The van der Waals surface area contributed by atoms with Crippen LogP contribution in [0.5, 0.6) is 0 Å². The van der Waals surface area contributed by atoms with E-state index in [1.54, 1.807) is 4.70 Å². The molecule has 0 saturated heterocycles. The molecule has 0 saturated carbocycles. The Labute approximate surface area is 614 Å². The van der Waals surface area contributed by atoms with Gasteiger partial charge in [0.1, 0.15) is 0 Å². The quantitative estimate of drug-likeness (QED) is 0.0273. The summed E-state index contributed by atoms with van der Waals surface area (Å²) in [6.07, 6.45) is 96.2. The van der Waals surface area contributed by atoms with E-state index < -0.39 is 0 Å². The molecule has 3 rings (SSSR count). The molecule has 0 amide bonds. The van der Waals surface area contributed by atoms with Crippen LogP contribution < -0.4 is 0 Å². The predicted molar refractivity (Wildman–Crippen MR) is 432 cm³/mol. The van der Waals surface area contributed by atoms with Crippen molar-refractivity contribution in [3.63, 3.8) is 0 Å². The van der Waals surface area contributed by atoms with Crippen molar-refractivity contribution in [2.45, 2.75) is 485 Å². The Hall–Kier alpha value is -1.99. The molecule has 0 radical (unpaired) electrons. The van der Waals surface area contributed by atoms with Gasteiger partial charge in [-0.3, -0.25) is 0 Å². The molecule has 2 nitrogen and oxygen atoms in total. The van der Waals surface area contributed by atoms with Crippen LogP contribution in [0.2, 0.25) is 0 Å². The molecule has 0 bridgehead atoms. The van der Waals surface area contributed by atoms with Gasteiger partial charge in [0.05, 0.1) is 0 Å². The maximum absolute atomic E-state index is 11.9. The fraction of sp³-hybridized carbons (Fsp3) is 0.806. The largest absolute Gasteiger partial charge is 2.00 e. The van der Waals surface area contributed by atoms with E-state index in [2.05, 4.69) is 104 Å². The molecule has 2 aromatic carbocycles. The summed E-state index contributed by atoms with van der Waals surface area (Å²) in [5, 5.41) is 0. The summed E-state index contributed by atoms with van der Waals surface area (Å²) in [6, 6.07) is 17.9. The second kappa shape index (κ2) is 75.7. The molecule has 2 aromatic rings. The molecule has 0 fully saturated rings. The normalized spacial score (nSPS) is 12.2. The van der Waals surface area contributed by atoms with Crippen molar-refractivity contribution in [3.05, 3.63) is 101 Å². The zero-order chi connectivity index (χ0) is 68.6. The summed E-state index contributed by atoms with van der Waals surface area (Å²) in [4.78, 5) is 0. The van der Waals surface area contributed by atoms with Crippen molar-refractivity contribution in [1.29, 1.82) is 0 Å². The third-order valence-electron chi connectivity index (χ3n) is 20.9. The Kier molecular flexibility index (Phi) is 74.1. The van der Waals surface area contributed by atoms with Crippen LogP contribution in [0.1, 0.15) is 494 Å². The Morgan fingerprint density at radius 3 is 0.750 bits per heavy atom. The van der Waals surface area contributed by atoms with E-state index in [-0.39, 0.29) is 16.5 Å². The Morgan fingerprint density at radius 1 is 0.240 bits per heavy atom. The van der Waals surface area contributed by atoms with Crippen molar-refractivity contribution in [1.82, 2.24) is 0 Å². The molecule has 0 unspecified atom stereocenters. The van der Waals surface area contributed by atoms with Crippen molar-refractivity contribution in [2.75, 3.05) is 0 Å². The van der Waals surface area contributed by atoms with Gasteiger partial charge in [0.15, 0.2) is 0 Å². The molecular formula is C93H168N2Ni. The van der Waals surface area contributed by atoms with Gasteiger partial charge in [0.2, 0.25) is 11.4 Å². The zero-order valence-corrected chi connectivity index (χ0v) is 67.0. The third kappa shape index (κ3) is 55.7. The summed E-state index contributed by atoms with van der Waals surface area (Å²) < 4.78 is 1.55. The number of benzene rings is 2. The van der Waals surface area contributed by atoms with Gasteiger partial charge in [0.25, 0.3) is 0 Å². The first-order valence-electron chi connectivity index (χ1n) is 43.7. The number of nitrogens with zero attached hydrogens (tertiary/aromatic N) is 2. The minimum absolute atomic E-state index is 0. The van der Waals surface area contributed by atoms with Gasteiger partial charge < -0.3 is 19.4 Å². The summed E-state index contributed by atoms with van der Waals surface area (Å²) in [5.41, 5.74) is 21.7. The van der Waals surface area contributed by atoms with Crippen molar-refractivity contribution < 1.29 is 21.2 Å².